The molecule has 0 spiro atoms. The van der Waals surface area contributed by atoms with Crippen molar-refractivity contribution in [1.82, 2.24) is 4.98 Å². The summed E-state index contributed by atoms with van der Waals surface area (Å²) in [5, 5.41) is 3.47. The zero-order chi connectivity index (χ0) is 15.6. The zero-order valence-electron chi connectivity index (χ0n) is 13.2. The highest BCUT2D eigenvalue weighted by atomic mass is 35.5. The molecule has 1 amide bonds. The fourth-order valence-corrected chi connectivity index (χ4v) is 3.75. The SMILES string of the molecule is CCC(C)C(N)C(=O)Nc1nc(-c2ccc(C)s2)c(C)s1.Cl. The Labute approximate surface area is 145 Å². The van der Waals surface area contributed by atoms with Crippen LogP contribution in [0.3, 0.4) is 0 Å². The summed E-state index contributed by atoms with van der Waals surface area (Å²) in [6.45, 7) is 8.11. The molecule has 2 unspecified atom stereocenters. The predicted octanol–water partition coefficient (Wildman–Crippen LogP) is 4.22. The van der Waals surface area contributed by atoms with Crippen molar-refractivity contribution < 1.29 is 4.79 Å². The Morgan fingerprint density at radius 3 is 2.59 bits per heavy atom. The second-order valence-electron chi connectivity index (χ2n) is 5.23. The van der Waals surface area contributed by atoms with Crippen molar-refractivity contribution in [3.8, 4) is 10.6 Å². The lowest BCUT2D eigenvalue weighted by Crippen LogP contribution is -2.40. The van der Waals surface area contributed by atoms with E-state index in [1.807, 2.05) is 20.8 Å². The second-order valence-corrected chi connectivity index (χ2v) is 7.73. The van der Waals surface area contributed by atoms with Crippen LogP contribution in [0.1, 0.15) is 30.0 Å². The topological polar surface area (TPSA) is 68.0 Å². The van der Waals surface area contributed by atoms with E-state index in [1.165, 1.54) is 16.2 Å². The maximum Gasteiger partial charge on any atom is 0.243 e. The van der Waals surface area contributed by atoms with E-state index < -0.39 is 6.04 Å². The van der Waals surface area contributed by atoms with Crippen LogP contribution in [-0.2, 0) is 4.79 Å². The minimum absolute atomic E-state index is 0. The van der Waals surface area contributed by atoms with Gasteiger partial charge in [0.2, 0.25) is 5.91 Å². The Morgan fingerprint density at radius 2 is 2.05 bits per heavy atom. The number of anilines is 1. The molecular formula is C15H22ClN3OS2. The van der Waals surface area contributed by atoms with Crippen molar-refractivity contribution in [3.05, 3.63) is 21.9 Å². The van der Waals surface area contributed by atoms with Crippen molar-refractivity contribution in [1.29, 1.82) is 0 Å². The van der Waals surface area contributed by atoms with Crippen LogP contribution in [0.4, 0.5) is 5.13 Å². The number of thiazole rings is 1. The van der Waals surface area contributed by atoms with E-state index in [0.717, 1.165) is 21.9 Å². The van der Waals surface area contributed by atoms with E-state index in [1.54, 1.807) is 11.3 Å². The number of nitrogens with zero attached hydrogens (tertiary/aromatic N) is 1. The number of aromatic nitrogens is 1. The van der Waals surface area contributed by atoms with E-state index in [0.29, 0.717) is 5.13 Å². The summed E-state index contributed by atoms with van der Waals surface area (Å²) >= 11 is 3.20. The lowest BCUT2D eigenvalue weighted by Gasteiger charge is -2.16. The Balaban J connectivity index is 0.00000242. The summed E-state index contributed by atoms with van der Waals surface area (Å²) in [5.41, 5.74) is 6.89. The minimum atomic E-state index is -0.494. The van der Waals surface area contributed by atoms with Crippen molar-refractivity contribution >= 4 is 46.1 Å². The van der Waals surface area contributed by atoms with E-state index in [-0.39, 0.29) is 24.2 Å². The molecule has 3 N–H and O–H groups in total. The summed E-state index contributed by atoms with van der Waals surface area (Å²) in [5.74, 6) is -0.00233. The number of nitrogens with two attached hydrogens (primary N) is 1. The molecule has 2 aromatic heterocycles. The molecule has 0 aliphatic rings. The molecule has 0 saturated carbocycles. The Morgan fingerprint density at radius 1 is 1.36 bits per heavy atom. The lowest BCUT2D eigenvalue weighted by molar-refractivity contribution is -0.118. The summed E-state index contributed by atoms with van der Waals surface area (Å²) in [7, 11) is 0. The number of hydrogen-bond acceptors (Lipinski definition) is 5. The van der Waals surface area contributed by atoms with Gasteiger partial charge in [0, 0.05) is 9.75 Å². The first-order chi connectivity index (χ1) is 9.92. The first-order valence-corrected chi connectivity index (χ1v) is 8.66. The monoisotopic (exact) mass is 359 g/mol. The number of halogens is 1. The van der Waals surface area contributed by atoms with Crippen LogP contribution in [0.5, 0.6) is 0 Å². The van der Waals surface area contributed by atoms with Gasteiger partial charge in [-0.2, -0.15) is 0 Å². The molecule has 0 aliphatic carbocycles. The fourth-order valence-electron chi connectivity index (χ4n) is 1.94. The largest absolute Gasteiger partial charge is 0.320 e. The molecule has 0 radical (unpaired) electrons. The molecule has 2 aromatic rings. The third-order valence-corrected chi connectivity index (χ3v) is 5.45. The van der Waals surface area contributed by atoms with Crippen LogP contribution < -0.4 is 11.1 Å². The number of nitrogens with one attached hydrogen (secondary N) is 1. The third-order valence-electron chi connectivity index (χ3n) is 3.56. The molecule has 22 heavy (non-hydrogen) atoms. The average molecular weight is 360 g/mol. The normalized spacial score (nSPS) is 13.3. The van der Waals surface area contributed by atoms with E-state index in [2.05, 4.69) is 29.4 Å². The van der Waals surface area contributed by atoms with E-state index >= 15 is 0 Å². The molecule has 0 bridgehead atoms. The van der Waals surface area contributed by atoms with Gasteiger partial charge in [-0.15, -0.1) is 35.1 Å². The summed E-state index contributed by atoms with van der Waals surface area (Å²) in [6.07, 6.45) is 0.880. The van der Waals surface area contributed by atoms with Gasteiger partial charge in [0.1, 0.15) is 0 Å². The Kier molecular flexibility index (Phi) is 6.99. The quantitative estimate of drug-likeness (QED) is 0.839. The fraction of sp³-hybridized carbons (Fsp3) is 0.467. The number of carbonyl (C=O) groups excluding carboxylic acids is 1. The summed E-state index contributed by atoms with van der Waals surface area (Å²) < 4.78 is 0. The van der Waals surface area contributed by atoms with Gasteiger partial charge in [-0.05, 0) is 31.9 Å². The first-order valence-electron chi connectivity index (χ1n) is 7.03. The van der Waals surface area contributed by atoms with Gasteiger partial charge >= 0.3 is 0 Å². The van der Waals surface area contributed by atoms with Gasteiger partial charge in [0.05, 0.1) is 16.6 Å². The van der Waals surface area contributed by atoms with Crippen molar-refractivity contribution in [2.45, 2.75) is 40.2 Å². The second kappa shape index (κ2) is 8.06. The number of hydrogen-bond donors (Lipinski definition) is 2. The van der Waals surface area contributed by atoms with E-state index in [9.17, 15) is 4.79 Å². The summed E-state index contributed by atoms with van der Waals surface area (Å²) in [6, 6.07) is 3.65. The van der Waals surface area contributed by atoms with Gasteiger partial charge in [-0.25, -0.2) is 4.98 Å². The Bertz CT molecular complexity index is 639. The molecule has 2 heterocycles. The molecule has 2 atom stereocenters. The molecule has 7 heteroatoms. The van der Waals surface area contributed by atoms with Gasteiger partial charge < -0.3 is 11.1 Å². The van der Waals surface area contributed by atoms with Crippen LogP contribution in [-0.4, -0.2) is 16.9 Å². The molecule has 4 nitrogen and oxygen atoms in total. The van der Waals surface area contributed by atoms with Crippen molar-refractivity contribution in [2.24, 2.45) is 11.7 Å². The molecule has 0 aliphatic heterocycles. The van der Waals surface area contributed by atoms with Crippen LogP contribution in [0.15, 0.2) is 12.1 Å². The van der Waals surface area contributed by atoms with Crippen LogP contribution in [0, 0.1) is 19.8 Å². The van der Waals surface area contributed by atoms with Crippen LogP contribution in [0.2, 0.25) is 0 Å². The Hall–Kier alpha value is -0.950. The van der Waals surface area contributed by atoms with Crippen LogP contribution >= 0.6 is 35.1 Å². The maximum atomic E-state index is 12.1. The third kappa shape index (κ3) is 4.29. The van der Waals surface area contributed by atoms with Crippen molar-refractivity contribution in [3.63, 3.8) is 0 Å². The number of thiophene rings is 1. The number of amides is 1. The molecule has 2 rings (SSSR count). The maximum absolute atomic E-state index is 12.1. The molecule has 0 fully saturated rings. The van der Waals surface area contributed by atoms with Crippen LogP contribution in [0.25, 0.3) is 10.6 Å². The molecular weight excluding hydrogens is 338 g/mol. The van der Waals surface area contributed by atoms with E-state index in [4.69, 9.17) is 5.73 Å². The van der Waals surface area contributed by atoms with Gasteiger partial charge in [0.25, 0.3) is 0 Å². The standard InChI is InChI=1S/C15H21N3OS2.ClH/c1-5-8(2)12(16)14(19)18-15-17-13(10(4)21-15)11-7-6-9(3)20-11;/h6-8,12H,5,16H2,1-4H3,(H,17,18,19);1H. The van der Waals surface area contributed by atoms with Gasteiger partial charge in [-0.1, -0.05) is 20.3 Å². The highest BCUT2D eigenvalue weighted by Crippen LogP contribution is 2.34. The highest BCUT2D eigenvalue weighted by Gasteiger charge is 2.21. The van der Waals surface area contributed by atoms with Gasteiger partial charge in [0.15, 0.2) is 5.13 Å². The molecule has 122 valence electrons. The molecule has 0 saturated heterocycles. The molecule has 0 aromatic carbocycles. The zero-order valence-corrected chi connectivity index (χ0v) is 15.6. The smallest absolute Gasteiger partial charge is 0.243 e. The van der Waals surface area contributed by atoms with Gasteiger partial charge in [-0.3, -0.25) is 4.79 Å². The lowest BCUT2D eigenvalue weighted by atomic mass is 10.00. The van der Waals surface area contributed by atoms with Crippen molar-refractivity contribution in [2.75, 3.05) is 5.32 Å². The number of rotatable bonds is 5. The first kappa shape index (κ1) is 19.1. The predicted molar refractivity (Wildman–Crippen MR) is 98.2 cm³/mol. The number of aryl methyl sites for hydroxylation is 2. The average Bonchev–Trinajstić information content (AvgIpc) is 3.02. The minimum Gasteiger partial charge on any atom is -0.320 e. The summed E-state index contributed by atoms with van der Waals surface area (Å²) in [4.78, 5) is 20.1. The highest BCUT2D eigenvalue weighted by molar-refractivity contribution is 7.18. The number of carbonyl (C=O) groups is 1.